The minimum atomic E-state index is -1.31. The minimum absolute atomic E-state index is 0.133. The summed E-state index contributed by atoms with van der Waals surface area (Å²) >= 11 is 0. The molecule has 0 atom stereocenters. The van der Waals surface area contributed by atoms with Crippen LogP contribution in [-0.4, -0.2) is 30.3 Å². The van der Waals surface area contributed by atoms with Crippen LogP contribution < -0.4 is 4.74 Å². The number of carboxylic acids is 1. The van der Waals surface area contributed by atoms with Gasteiger partial charge < -0.3 is 14.6 Å². The summed E-state index contributed by atoms with van der Waals surface area (Å²) in [5.41, 5.74) is 0.208. The highest BCUT2D eigenvalue weighted by Gasteiger charge is 2.18. The molecule has 21 heavy (non-hydrogen) atoms. The third-order valence-electron chi connectivity index (χ3n) is 2.68. The van der Waals surface area contributed by atoms with Gasteiger partial charge in [0.15, 0.2) is 0 Å². The van der Waals surface area contributed by atoms with Crippen LogP contribution in [0.15, 0.2) is 29.8 Å². The Balaban J connectivity index is 2.81. The first kappa shape index (κ1) is 16.8. The van der Waals surface area contributed by atoms with Crippen molar-refractivity contribution in [3.05, 3.63) is 35.4 Å². The van der Waals surface area contributed by atoms with Crippen LogP contribution in [0.2, 0.25) is 0 Å². The molecule has 1 N–H and O–H groups in total. The third kappa shape index (κ3) is 5.69. The van der Waals surface area contributed by atoms with Gasteiger partial charge in [0.05, 0.1) is 13.2 Å². The smallest absolute Gasteiger partial charge is 0.345 e. The molecule has 0 aliphatic heterocycles. The van der Waals surface area contributed by atoms with Gasteiger partial charge in [0, 0.05) is 0 Å². The Morgan fingerprint density at radius 2 is 1.86 bits per heavy atom. The van der Waals surface area contributed by atoms with Crippen molar-refractivity contribution >= 4 is 18.0 Å². The first-order valence-corrected chi connectivity index (χ1v) is 6.93. The Hall–Kier alpha value is -2.30. The lowest BCUT2D eigenvalue weighted by Crippen LogP contribution is -2.15. The fourth-order valence-electron chi connectivity index (χ4n) is 1.58. The van der Waals surface area contributed by atoms with E-state index >= 15 is 0 Å². The van der Waals surface area contributed by atoms with Crippen molar-refractivity contribution in [1.29, 1.82) is 0 Å². The Morgan fingerprint density at radius 1 is 1.19 bits per heavy atom. The lowest BCUT2D eigenvalue weighted by atomic mass is 10.1. The average Bonchev–Trinajstić information content (AvgIpc) is 2.46. The maximum atomic E-state index is 11.5. The fourth-order valence-corrected chi connectivity index (χ4v) is 1.58. The van der Waals surface area contributed by atoms with Crippen molar-refractivity contribution < 1.29 is 24.2 Å². The second-order valence-corrected chi connectivity index (χ2v) is 4.35. The summed E-state index contributed by atoms with van der Waals surface area (Å²) in [4.78, 5) is 22.6. The molecule has 0 fully saturated rings. The molecule has 0 aliphatic rings. The van der Waals surface area contributed by atoms with Gasteiger partial charge in [0.2, 0.25) is 0 Å². The van der Waals surface area contributed by atoms with Crippen molar-refractivity contribution in [2.45, 2.75) is 26.7 Å². The Labute approximate surface area is 124 Å². The summed E-state index contributed by atoms with van der Waals surface area (Å²) in [6.07, 6.45) is 3.33. The van der Waals surface area contributed by atoms with Crippen LogP contribution >= 0.6 is 0 Å². The molecule has 0 saturated carbocycles. The molecule has 5 heteroatoms. The van der Waals surface area contributed by atoms with Gasteiger partial charge in [-0.05, 0) is 37.1 Å². The van der Waals surface area contributed by atoms with E-state index in [0.29, 0.717) is 17.9 Å². The second-order valence-electron chi connectivity index (χ2n) is 4.35. The van der Waals surface area contributed by atoms with Gasteiger partial charge >= 0.3 is 11.9 Å². The first-order valence-electron chi connectivity index (χ1n) is 6.93. The molecule has 0 radical (unpaired) electrons. The van der Waals surface area contributed by atoms with Gasteiger partial charge in [-0.3, -0.25) is 0 Å². The zero-order chi connectivity index (χ0) is 15.7. The van der Waals surface area contributed by atoms with Gasteiger partial charge in [-0.15, -0.1) is 0 Å². The molecule has 0 heterocycles. The number of esters is 1. The summed E-state index contributed by atoms with van der Waals surface area (Å²) in [6, 6.07) is 6.88. The number of hydrogen-bond donors (Lipinski definition) is 1. The molecule has 1 rings (SSSR count). The van der Waals surface area contributed by atoms with Crippen molar-refractivity contribution in [2.75, 3.05) is 13.2 Å². The van der Waals surface area contributed by atoms with E-state index in [1.165, 1.54) is 6.08 Å². The predicted molar refractivity (Wildman–Crippen MR) is 79.1 cm³/mol. The van der Waals surface area contributed by atoms with Crippen LogP contribution in [0.25, 0.3) is 6.08 Å². The van der Waals surface area contributed by atoms with Crippen LogP contribution in [0.1, 0.15) is 32.3 Å². The predicted octanol–water partition coefficient (Wildman–Crippen LogP) is 2.90. The van der Waals surface area contributed by atoms with Crippen LogP contribution in [0, 0.1) is 0 Å². The average molecular weight is 292 g/mol. The van der Waals surface area contributed by atoms with Gasteiger partial charge in [-0.1, -0.05) is 25.5 Å². The molecule has 0 aromatic heterocycles. The number of carboxylic acid groups (broad SMARTS) is 1. The highest BCUT2D eigenvalue weighted by molar-refractivity contribution is 6.16. The summed E-state index contributed by atoms with van der Waals surface area (Å²) in [6.45, 7) is 4.49. The number of benzene rings is 1. The third-order valence-corrected chi connectivity index (χ3v) is 2.68. The van der Waals surface area contributed by atoms with Crippen molar-refractivity contribution in [1.82, 2.24) is 0 Å². The number of carbonyl (C=O) groups excluding carboxylic acids is 1. The standard InChI is InChI=1S/C16H20O5/c1-3-5-10-21-13-8-6-12(7-9-13)11-14(15(17)18)16(19)20-4-2/h6-9,11H,3-5,10H2,1-2H3,(H,17,18). The molecule has 1 aromatic rings. The maximum absolute atomic E-state index is 11.5. The molecule has 0 saturated heterocycles. The van der Waals surface area contributed by atoms with E-state index in [9.17, 15) is 9.59 Å². The van der Waals surface area contributed by atoms with Crippen LogP contribution in [-0.2, 0) is 14.3 Å². The van der Waals surface area contributed by atoms with Crippen LogP contribution in [0.4, 0.5) is 0 Å². The van der Waals surface area contributed by atoms with Crippen LogP contribution in [0.3, 0.4) is 0 Å². The van der Waals surface area contributed by atoms with E-state index in [-0.39, 0.29) is 6.61 Å². The largest absolute Gasteiger partial charge is 0.494 e. The zero-order valence-corrected chi connectivity index (χ0v) is 12.3. The molecule has 0 aliphatic carbocycles. The van der Waals surface area contributed by atoms with Crippen molar-refractivity contribution in [3.8, 4) is 5.75 Å². The summed E-state index contributed by atoms with van der Waals surface area (Å²) in [5, 5.41) is 9.04. The van der Waals surface area contributed by atoms with E-state index < -0.39 is 17.5 Å². The molecular formula is C16H20O5. The summed E-state index contributed by atoms with van der Waals surface area (Å²) in [5.74, 6) is -1.43. The second kappa shape index (κ2) is 8.79. The van der Waals surface area contributed by atoms with E-state index in [4.69, 9.17) is 14.6 Å². The first-order chi connectivity index (χ1) is 10.1. The lowest BCUT2D eigenvalue weighted by molar-refractivity contribution is -0.143. The minimum Gasteiger partial charge on any atom is -0.494 e. The Morgan fingerprint density at radius 3 is 2.38 bits per heavy atom. The number of hydrogen-bond acceptors (Lipinski definition) is 4. The lowest BCUT2D eigenvalue weighted by Gasteiger charge is -2.06. The zero-order valence-electron chi connectivity index (χ0n) is 12.3. The molecule has 5 nitrogen and oxygen atoms in total. The molecule has 0 amide bonds. The Kier molecular flexibility index (Phi) is 7.01. The Bertz CT molecular complexity index is 502. The molecule has 114 valence electrons. The summed E-state index contributed by atoms with van der Waals surface area (Å²) < 4.78 is 10.2. The molecule has 1 aromatic carbocycles. The molecular weight excluding hydrogens is 272 g/mol. The van der Waals surface area contributed by atoms with Gasteiger partial charge in [-0.25, -0.2) is 9.59 Å². The molecule has 0 unspecified atom stereocenters. The van der Waals surface area contributed by atoms with E-state index in [2.05, 4.69) is 6.92 Å². The van der Waals surface area contributed by atoms with Gasteiger partial charge in [-0.2, -0.15) is 0 Å². The number of aliphatic carboxylic acids is 1. The highest BCUT2D eigenvalue weighted by Crippen LogP contribution is 2.15. The quantitative estimate of drug-likeness (QED) is 0.262. The normalized spacial score (nSPS) is 11.0. The number of carbonyl (C=O) groups is 2. The number of ether oxygens (including phenoxy) is 2. The van der Waals surface area contributed by atoms with Crippen molar-refractivity contribution in [3.63, 3.8) is 0 Å². The number of rotatable bonds is 8. The summed E-state index contributed by atoms with van der Waals surface area (Å²) in [7, 11) is 0. The van der Waals surface area contributed by atoms with E-state index in [0.717, 1.165) is 12.8 Å². The van der Waals surface area contributed by atoms with E-state index in [1.807, 2.05) is 0 Å². The van der Waals surface area contributed by atoms with Gasteiger partial charge in [0.1, 0.15) is 11.3 Å². The molecule has 0 spiro atoms. The van der Waals surface area contributed by atoms with Crippen LogP contribution in [0.5, 0.6) is 5.75 Å². The SMILES string of the molecule is CCCCOc1ccc(C=C(C(=O)O)C(=O)OCC)cc1. The van der Waals surface area contributed by atoms with Gasteiger partial charge in [0.25, 0.3) is 0 Å². The monoisotopic (exact) mass is 292 g/mol. The topological polar surface area (TPSA) is 72.8 Å². The fraction of sp³-hybridized carbons (Fsp3) is 0.375. The highest BCUT2D eigenvalue weighted by atomic mass is 16.5. The maximum Gasteiger partial charge on any atom is 0.345 e. The van der Waals surface area contributed by atoms with E-state index in [1.54, 1.807) is 31.2 Å². The molecule has 0 bridgehead atoms. The van der Waals surface area contributed by atoms with Crippen molar-refractivity contribution in [2.24, 2.45) is 0 Å². The number of unbranched alkanes of at least 4 members (excludes halogenated alkanes) is 1.